The largest absolute Gasteiger partial charge is 0.303 e. The van der Waals surface area contributed by atoms with E-state index in [-0.39, 0.29) is 5.82 Å². The summed E-state index contributed by atoms with van der Waals surface area (Å²) in [5.41, 5.74) is 1.12. The average molecular weight is 397 g/mol. The van der Waals surface area contributed by atoms with Crippen LogP contribution in [0.1, 0.15) is 25.3 Å². The fourth-order valence-corrected chi connectivity index (χ4v) is 6.79. The van der Waals surface area contributed by atoms with Gasteiger partial charge in [-0.3, -0.25) is 4.90 Å². The summed E-state index contributed by atoms with van der Waals surface area (Å²) in [5.74, 6) is 5.91. The van der Waals surface area contributed by atoms with Crippen molar-refractivity contribution in [3.63, 3.8) is 0 Å². The number of benzene rings is 1. The number of hydrogen-bond donors (Lipinski definition) is 0. The third-order valence-electron chi connectivity index (χ3n) is 5.62. The maximum atomic E-state index is 13.4. The molecule has 2 nitrogen and oxygen atoms in total. The molecule has 2 saturated heterocycles. The van der Waals surface area contributed by atoms with Gasteiger partial charge in [-0.25, -0.2) is 4.39 Å². The van der Waals surface area contributed by atoms with Crippen LogP contribution < -0.4 is 0 Å². The van der Waals surface area contributed by atoms with E-state index in [0.717, 1.165) is 30.5 Å². The highest BCUT2D eigenvalue weighted by molar-refractivity contribution is 8.03. The van der Waals surface area contributed by atoms with Crippen LogP contribution in [0.3, 0.4) is 0 Å². The summed E-state index contributed by atoms with van der Waals surface area (Å²) in [7, 11) is 0. The molecule has 0 bridgehead atoms. The molecule has 1 aromatic rings. The second kappa shape index (κ2) is 10.9. The van der Waals surface area contributed by atoms with Crippen molar-refractivity contribution in [1.29, 1.82) is 0 Å². The van der Waals surface area contributed by atoms with Crippen LogP contribution in [0, 0.1) is 11.7 Å². The van der Waals surface area contributed by atoms with E-state index < -0.39 is 0 Å². The molecule has 1 aromatic carbocycles. The Morgan fingerprint density at radius 3 is 2.77 bits per heavy atom. The molecule has 0 radical (unpaired) electrons. The van der Waals surface area contributed by atoms with E-state index >= 15 is 0 Å². The molecule has 2 heterocycles. The van der Waals surface area contributed by atoms with Crippen LogP contribution in [0.25, 0.3) is 0 Å². The van der Waals surface area contributed by atoms with E-state index in [1.54, 1.807) is 6.07 Å². The molecule has 26 heavy (non-hydrogen) atoms. The summed E-state index contributed by atoms with van der Waals surface area (Å²) in [6, 6.07) is 7.84. The molecule has 0 spiro atoms. The topological polar surface area (TPSA) is 6.48 Å². The predicted molar refractivity (Wildman–Crippen MR) is 115 cm³/mol. The fraction of sp³-hybridized carbons (Fsp3) is 0.714. The summed E-state index contributed by atoms with van der Waals surface area (Å²) in [6.07, 6.45) is 3.62. The first-order valence-corrected chi connectivity index (χ1v) is 12.4. The number of likely N-dealkylation sites (tertiary alicyclic amines) is 1. The van der Waals surface area contributed by atoms with E-state index in [9.17, 15) is 4.39 Å². The minimum Gasteiger partial charge on any atom is -0.303 e. The second-order valence-corrected chi connectivity index (χ2v) is 9.88. The Labute approximate surface area is 167 Å². The molecular formula is C21H33FN2S2. The summed E-state index contributed by atoms with van der Waals surface area (Å²) >= 11 is 4.27. The van der Waals surface area contributed by atoms with Gasteiger partial charge in [-0.15, -0.1) is 0 Å². The summed E-state index contributed by atoms with van der Waals surface area (Å²) in [5, 5.41) is 0. The second-order valence-electron chi connectivity index (χ2n) is 7.58. The molecule has 1 unspecified atom stereocenters. The zero-order chi connectivity index (χ0) is 18.2. The van der Waals surface area contributed by atoms with Gasteiger partial charge in [0.25, 0.3) is 0 Å². The van der Waals surface area contributed by atoms with E-state index in [1.807, 2.05) is 12.1 Å². The molecule has 2 aliphatic rings. The van der Waals surface area contributed by atoms with Crippen molar-refractivity contribution >= 4 is 23.5 Å². The molecule has 1 atom stereocenters. The van der Waals surface area contributed by atoms with E-state index in [0.29, 0.717) is 0 Å². The van der Waals surface area contributed by atoms with Gasteiger partial charge in [0.15, 0.2) is 0 Å². The minimum atomic E-state index is -0.114. The lowest BCUT2D eigenvalue weighted by Gasteiger charge is -2.38. The third-order valence-corrected chi connectivity index (χ3v) is 8.10. The van der Waals surface area contributed by atoms with E-state index in [1.165, 1.54) is 68.1 Å². The lowest BCUT2D eigenvalue weighted by molar-refractivity contribution is 0.123. The average Bonchev–Trinajstić information content (AvgIpc) is 2.94. The maximum Gasteiger partial charge on any atom is 0.123 e. The van der Waals surface area contributed by atoms with Crippen LogP contribution in [0.15, 0.2) is 24.3 Å². The van der Waals surface area contributed by atoms with Crippen molar-refractivity contribution in [1.82, 2.24) is 9.80 Å². The standard InChI is InChI=1S/C21H33FN2S2/c1-2-24(21-16-25-11-12-26-17-21)15-19-6-4-9-23(14-19)10-8-18-5-3-7-20(22)13-18/h3,5,7,13,19,21H,2,4,6,8-12,14-17H2,1H3. The highest BCUT2D eigenvalue weighted by Crippen LogP contribution is 2.24. The first kappa shape index (κ1) is 20.5. The molecule has 146 valence electrons. The molecule has 2 aliphatic heterocycles. The Morgan fingerprint density at radius 1 is 1.23 bits per heavy atom. The van der Waals surface area contributed by atoms with Gasteiger partial charge in [0.1, 0.15) is 5.82 Å². The minimum absolute atomic E-state index is 0.114. The van der Waals surface area contributed by atoms with Crippen LogP contribution in [0.5, 0.6) is 0 Å². The number of nitrogens with zero attached hydrogens (tertiary/aromatic N) is 2. The fourth-order valence-electron chi connectivity index (χ4n) is 4.17. The number of thioether (sulfide) groups is 2. The first-order chi connectivity index (χ1) is 12.7. The molecule has 2 fully saturated rings. The van der Waals surface area contributed by atoms with Crippen LogP contribution in [-0.4, -0.2) is 71.6 Å². The highest BCUT2D eigenvalue weighted by atomic mass is 32.2. The van der Waals surface area contributed by atoms with Crippen molar-refractivity contribution in [3.05, 3.63) is 35.6 Å². The Kier molecular flexibility index (Phi) is 8.63. The number of rotatable bonds is 7. The summed E-state index contributed by atoms with van der Waals surface area (Å²) < 4.78 is 13.4. The Hall–Kier alpha value is -0.230. The molecule has 0 aliphatic carbocycles. The van der Waals surface area contributed by atoms with Crippen LogP contribution in [0.2, 0.25) is 0 Å². The van der Waals surface area contributed by atoms with Gasteiger partial charge in [-0.05, 0) is 56.0 Å². The molecular weight excluding hydrogens is 363 g/mol. The summed E-state index contributed by atoms with van der Waals surface area (Å²) in [6.45, 7) is 8.21. The number of halogens is 1. The third kappa shape index (κ3) is 6.43. The SMILES string of the molecule is CCN(CC1CCCN(CCc2cccc(F)c2)C1)C1CSCCSC1. The maximum absolute atomic E-state index is 13.4. The zero-order valence-corrected chi connectivity index (χ0v) is 17.7. The normalized spacial score (nSPS) is 23.3. The first-order valence-electron chi connectivity index (χ1n) is 10.1. The van der Waals surface area contributed by atoms with Crippen molar-refractivity contribution in [2.24, 2.45) is 5.92 Å². The lowest BCUT2D eigenvalue weighted by atomic mass is 9.96. The Bertz CT molecular complexity index is 534. The molecule has 0 saturated carbocycles. The zero-order valence-electron chi connectivity index (χ0n) is 16.0. The Morgan fingerprint density at radius 2 is 2.04 bits per heavy atom. The van der Waals surface area contributed by atoms with Gasteiger partial charge < -0.3 is 4.90 Å². The molecule has 0 N–H and O–H groups in total. The Balaban J connectivity index is 1.47. The number of piperidine rings is 1. The quantitative estimate of drug-likeness (QED) is 0.679. The van der Waals surface area contributed by atoms with E-state index in [4.69, 9.17) is 0 Å². The van der Waals surface area contributed by atoms with Crippen molar-refractivity contribution < 1.29 is 4.39 Å². The van der Waals surface area contributed by atoms with Gasteiger partial charge in [-0.2, -0.15) is 23.5 Å². The predicted octanol–water partition coefficient (Wildman–Crippen LogP) is 4.25. The van der Waals surface area contributed by atoms with E-state index in [2.05, 4.69) is 40.2 Å². The molecule has 5 heteroatoms. The lowest BCUT2D eigenvalue weighted by Crippen LogP contribution is -2.46. The molecule has 3 rings (SSSR count). The van der Waals surface area contributed by atoms with Gasteiger partial charge in [0.05, 0.1) is 0 Å². The van der Waals surface area contributed by atoms with Crippen molar-refractivity contribution in [2.45, 2.75) is 32.2 Å². The monoisotopic (exact) mass is 396 g/mol. The highest BCUT2D eigenvalue weighted by Gasteiger charge is 2.25. The summed E-state index contributed by atoms with van der Waals surface area (Å²) in [4.78, 5) is 5.34. The molecule has 0 aromatic heterocycles. The smallest absolute Gasteiger partial charge is 0.123 e. The number of hydrogen-bond acceptors (Lipinski definition) is 4. The van der Waals surface area contributed by atoms with Crippen LogP contribution >= 0.6 is 23.5 Å². The van der Waals surface area contributed by atoms with Gasteiger partial charge in [0.2, 0.25) is 0 Å². The van der Waals surface area contributed by atoms with Crippen molar-refractivity contribution in [3.8, 4) is 0 Å². The van der Waals surface area contributed by atoms with Crippen molar-refractivity contribution in [2.75, 3.05) is 55.7 Å². The van der Waals surface area contributed by atoms with Gasteiger partial charge in [-0.1, -0.05) is 19.1 Å². The van der Waals surface area contributed by atoms with Gasteiger partial charge >= 0.3 is 0 Å². The van der Waals surface area contributed by atoms with Gasteiger partial charge in [0, 0.05) is 48.7 Å². The van der Waals surface area contributed by atoms with Crippen LogP contribution in [-0.2, 0) is 6.42 Å². The van der Waals surface area contributed by atoms with Crippen LogP contribution in [0.4, 0.5) is 4.39 Å². The molecule has 0 amide bonds.